The molecule has 0 amide bonds. The minimum atomic E-state index is -0.511. The number of hydrogen-bond donors (Lipinski definition) is 3. The summed E-state index contributed by atoms with van der Waals surface area (Å²) in [6, 6.07) is 11.8. The van der Waals surface area contributed by atoms with E-state index in [9.17, 15) is 25.3 Å². The van der Waals surface area contributed by atoms with Gasteiger partial charge in [-0.2, -0.15) is 0 Å². The smallest absolute Gasteiger partial charge is 0.276 e. The first-order chi connectivity index (χ1) is 12.5. The molecule has 3 N–H and O–H groups in total. The number of nitro groups is 2. The van der Waals surface area contributed by atoms with Gasteiger partial charge < -0.3 is 10.4 Å². The highest BCUT2D eigenvalue weighted by atomic mass is 35.5. The maximum absolute atomic E-state index is 10.7. The lowest BCUT2D eigenvalue weighted by atomic mass is 10.3. The van der Waals surface area contributed by atoms with E-state index < -0.39 is 9.85 Å². The highest BCUT2D eigenvalue weighted by Gasteiger charge is 2.07. The van der Waals surface area contributed by atoms with Gasteiger partial charge in [0.05, 0.1) is 15.9 Å². The van der Waals surface area contributed by atoms with Gasteiger partial charge in [-0.25, -0.2) is 4.99 Å². The predicted molar refractivity (Wildman–Crippen MR) is 104 cm³/mol. The van der Waals surface area contributed by atoms with Gasteiger partial charge >= 0.3 is 0 Å². The summed E-state index contributed by atoms with van der Waals surface area (Å²) in [5, 5.41) is 34.0. The van der Waals surface area contributed by atoms with Crippen molar-refractivity contribution in [3.8, 4) is 0 Å². The van der Waals surface area contributed by atoms with Gasteiger partial charge in [0.1, 0.15) is 0 Å². The van der Waals surface area contributed by atoms with Gasteiger partial charge in [0, 0.05) is 36.2 Å². The topological polar surface area (TPSA) is 133 Å². The second kappa shape index (κ2) is 10.3. The number of nitrogens with zero attached hydrogens (tertiary/aromatic N) is 2. The Kier molecular flexibility index (Phi) is 8.14. The van der Waals surface area contributed by atoms with Crippen molar-refractivity contribution in [3.05, 3.63) is 92.9 Å². The molecule has 0 aliphatic rings. The van der Waals surface area contributed by atoms with Crippen LogP contribution in [0.3, 0.4) is 0 Å². The van der Waals surface area contributed by atoms with Crippen molar-refractivity contribution in [2.45, 2.75) is 0 Å². The lowest BCUT2D eigenvalue weighted by Gasteiger charge is -1.99. The Morgan fingerprint density at radius 2 is 1.67 bits per heavy atom. The van der Waals surface area contributed by atoms with Gasteiger partial charge in [0.2, 0.25) is 11.9 Å². The predicted octanol–water partition coefficient (Wildman–Crippen LogP) is 2.78. The third kappa shape index (κ3) is 6.96. The van der Waals surface area contributed by atoms with Crippen molar-refractivity contribution >= 4 is 41.4 Å². The van der Waals surface area contributed by atoms with E-state index >= 15 is 0 Å². The number of anilines is 1. The Balaban J connectivity index is 0.00000364. The Labute approximate surface area is 160 Å². The molecule has 0 bridgehead atoms. The lowest BCUT2D eigenvalue weighted by Crippen LogP contribution is -2.61. The highest BCUT2D eigenvalue weighted by Crippen LogP contribution is 2.16. The molecule has 0 unspecified atom stereocenters. The van der Waals surface area contributed by atoms with Crippen LogP contribution in [0.1, 0.15) is 0 Å². The van der Waals surface area contributed by atoms with Gasteiger partial charge in [-0.05, 0) is 24.3 Å². The molecule has 0 aliphatic carbocycles. The Morgan fingerprint density at radius 1 is 1.04 bits per heavy atom. The Morgan fingerprint density at radius 3 is 2.33 bits per heavy atom. The second-order valence-corrected chi connectivity index (χ2v) is 5.00. The Hall–Kier alpha value is -3.72. The number of benzene rings is 2. The zero-order valence-corrected chi connectivity index (χ0v) is 14.6. The zero-order chi connectivity index (χ0) is 18.9. The molecule has 0 aliphatic heterocycles. The number of aliphatic hydroxyl groups excluding tert-OH is 1. The van der Waals surface area contributed by atoms with Gasteiger partial charge in [-0.1, -0.05) is 6.07 Å². The van der Waals surface area contributed by atoms with E-state index in [1.165, 1.54) is 54.9 Å². The molecular formula is C17H16ClN4O5+. The van der Waals surface area contributed by atoms with Gasteiger partial charge in [0.15, 0.2) is 5.76 Å². The minimum absolute atomic E-state index is 0. The summed E-state index contributed by atoms with van der Waals surface area (Å²) >= 11 is 0. The maximum Gasteiger partial charge on any atom is 0.276 e. The molecule has 0 aromatic heterocycles. The fraction of sp³-hybridized carbons (Fsp3) is 0. The Bertz CT molecular complexity index is 912. The van der Waals surface area contributed by atoms with Gasteiger partial charge in [-0.3, -0.25) is 20.2 Å². The van der Waals surface area contributed by atoms with Crippen LogP contribution >= 0.6 is 12.4 Å². The molecule has 140 valence electrons. The van der Waals surface area contributed by atoms with E-state index in [0.29, 0.717) is 11.4 Å². The molecular weight excluding hydrogens is 376 g/mol. The van der Waals surface area contributed by atoms with E-state index in [4.69, 9.17) is 0 Å². The fourth-order valence-electron chi connectivity index (χ4n) is 1.91. The monoisotopic (exact) mass is 391 g/mol. The first-order valence-electron chi connectivity index (χ1n) is 7.37. The molecule has 0 radical (unpaired) electrons. The normalized spacial score (nSPS) is 11.3. The number of non-ortho nitro benzene ring substituents is 2. The summed E-state index contributed by atoms with van der Waals surface area (Å²) in [4.78, 5) is 23.1. The van der Waals surface area contributed by atoms with Crippen LogP contribution in [0.25, 0.3) is 0 Å². The summed E-state index contributed by atoms with van der Waals surface area (Å²) in [6.45, 7) is 0. The van der Waals surface area contributed by atoms with Crippen LogP contribution in [0, 0.1) is 20.2 Å². The van der Waals surface area contributed by atoms with Crippen LogP contribution in [-0.2, 0) is 0 Å². The molecule has 2 rings (SSSR count). The minimum Gasteiger partial charge on any atom is -0.503 e. The van der Waals surface area contributed by atoms with Crippen molar-refractivity contribution in [2.75, 3.05) is 5.32 Å². The molecule has 10 heteroatoms. The highest BCUT2D eigenvalue weighted by molar-refractivity contribution is 5.85. The fourth-order valence-corrected chi connectivity index (χ4v) is 1.91. The van der Waals surface area contributed by atoms with Crippen molar-refractivity contribution in [3.63, 3.8) is 0 Å². The largest absolute Gasteiger partial charge is 0.503 e. The SMILES string of the molecule is Cl.O=[N+]([O-])c1cccc(N/C=C/C=C(\O)C=[NH+]c2cccc([N+](=O)[O-])c2)c1. The van der Waals surface area contributed by atoms with E-state index in [1.54, 1.807) is 18.2 Å². The van der Waals surface area contributed by atoms with Crippen LogP contribution in [0.4, 0.5) is 22.7 Å². The molecule has 2 aromatic rings. The van der Waals surface area contributed by atoms with E-state index in [1.807, 2.05) is 0 Å². The number of aliphatic hydroxyl groups is 1. The second-order valence-electron chi connectivity index (χ2n) is 5.00. The van der Waals surface area contributed by atoms with Crippen LogP contribution < -0.4 is 10.3 Å². The average molecular weight is 392 g/mol. The standard InChI is InChI=1S/C17H14N4O5.ClH/c22-17(12-19-14-5-2-7-16(11-14)21(25)26)8-3-9-18-13-4-1-6-15(10-13)20(23)24;/h1-12,18,22H;1H/p+1/b9-3+,17-8-,19-12?;. The first kappa shape index (κ1) is 21.3. The lowest BCUT2D eigenvalue weighted by molar-refractivity contribution is -0.387. The average Bonchev–Trinajstić information content (AvgIpc) is 2.64. The number of rotatable bonds is 7. The first-order valence-corrected chi connectivity index (χ1v) is 7.37. The summed E-state index contributed by atoms with van der Waals surface area (Å²) in [5.74, 6) is -0.117. The van der Waals surface area contributed by atoms with Crippen molar-refractivity contribution in [2.24, 2.45) is 0 Å². The molecule has 0 saturated heterocycles. The van der Waals surface area contributed by atoms with E-state index in [-0.39, 0.29) is 29.5 Å². The molecule has 9 nitrogen and oxygen atoms in total. The third-order valence-corrected chi connectivity index (χ3v) is 3.11. The van der Waals surface area contributed by atoms with E-state index in [0.717, 1.165) is 0 Å². The number of nitrogens with one attached hydrogen (secondary N) is 2. The quantitative estimate of drug-likeness (QED) is 0.218. The number of halogens is 1. The summed E-state index contributed by atoms with van der Waals surface area (Å²) in [7, 11) is 0. The number of allylic oxidation sites excluding steroid dienone is 3. The maximum atomic E-state index is 10.7. The number of hydrogen-bond acceptors (Lipinski definition) is 6. The molecule has 0 fully saturated rings. The molecule has 0 spiro atoms. The molecule has 0 saturated carbocycles. The van der Waals surface area contributed by atoms with Gasteiger partial charge in [-0.15, -0.1) is 12.4 Å². The molecule has 0 atom stereocenters. The van der Waals surface area contributed by atoms with Crippen LogP contribution in [0.2, 0.25) is 0 Å². The van der Waals surface area contributed by atoms with Crippen molar-refractivity contribution in [1.82, 2.24) is 0 Å². The van der Waals surface area contributed by atoms with E-state index in [2.05, 4.69) is 10.3 Å². The molecule has 0 heterocycles. The molecule has 2 aromatic carbocycles. The van der Waals surface area contributed by atoms with Crippen LogP contribution in [-0.4, -0.2) is 21.2 Å². The third-order valence-electron chi connectivity index (χ3n) is 3.11. The molecule has 27 heavy (non-hydrogen) atoms. The van der Waals surface area contributed by atoms with Crippen molar-refractivity contribution < 1.29 is 19.9 Å². The van der Waals surface area contributed by atoms with Crippen LogP contribution in [0.5, 0.6) is 0 Å². The summed E-state index contributed by atoms with van der Waals surface area (Å²) < 4.78 is 0. The summed E-state index contributed by atoms with van der Waals surface area (Å²) in [5.41, 5.74) is 0.893. The van der Waals surface area contributed by atoms with Gasteiger partial charge in [0.25, 0.3) is 11.4 Å². The van der Waals surface area contributed by atoms with Crippen LogP contribution in [0.15, 0.2) is 72.6 Å². The zero-order valence-electron chi connectivity index (χ0n) is 13.8. The summed E-state index contributed by atoms with van der Waals surface area (Å²) in [6.07, 6.45) is 5.64. The van der Waals surface area contributed by atoms with Crippen molar-refractivity contribution in [1.29, 1.82) is 0 Å². The number of nitro benzene ring substituents is 2.